The third kappa shape index (κ3) is 6.40. The molecule has 1 aliphatic heterocycles. The Hall–Kier alpha value is -2.13. The number of carbonyl (C=O) groups excluding carboxylic acids is 1. The molecular weight excluding hydrogens is 531 g/mol. The SMILES string of the molecule is CC(C)(C)OC(=O)CCc1ccc(N2CCC(c3cc(Cl)cc(Cl)c3)(C(F)(F)F)C2)cc1C(F)(F)F. The molecule has 1 atom stereocenters. The number of hydrogen-bond donors (Lipinski definition) is 0. The van der Waals surface area contributed by atoms with Gasteiger partial charge in [0.15, 0.2) is 0 Å². The quantitative estimate of drug-likeness (QED) is 0.276. The number of carbonyl (C=O) groups is 1. The Balaban J connectivity index is 1.92. The fourth-order valence-corrected chi connectivity index (χ4v) is 4.89. The summed E-state index contributed by atoms with van der Waals surface area (Å²) in [6, 6.07) is 7.07. The van der Waals surface area contributed by atoms with Crippen molar-refractivity contribution in [2.24, 2.45) is 0 Å². The molecule has 0 amide bonds. The number of halogens is 8. The van der Waals surface area contributed by atoms with Gasteiger partial charge >= 0.3 is 18.3 Å². The lowest BCUT2D eigenvalue weighted by atomic mass is 9.79. The summed E-state index contributed by atoms with van der Waals surface area (Å²) in [5.74, 6) is -0.644. The van der Waals surface area contributed by atoms with Crippen molar-refractivity contribution in [3.05, 3.63) is 63.1 Å². The van der Waals surface area contributed by atoms with Crippen LogP contribution in [0, 0.1) is 0 Å². The molecule has 1 unspecified atom stereocenters. The molecular formula is C25H25Cl2F6NO2. The third-order valence-electron chi connectivity index (χ3n) is 6.01. The fourth-order valence-electron chi connectivity index (χ4n) is 4.36. The van der Waals surface area contributed by atoms with Gasteiger partial charge in [-0.3, -0.25) is 4.79 Å². The van der Waals surface area contributed by atoms with E-state index < -0.39 is 41.4 Å². The van der Waals surface area contributed by atoms with E-state index in [0.717, 1.165) is 6.07 Å². The van der Waals surface area contributed by atoms with E-state index in [9.17, 15) is 31.1 Å². The molecule has 3 nitrogen and oxygen atoms in total. The molecule has 36 heavy (non-hydrogen) atoms. The summed E-state index contributed by atoms with van der Waals surface area (Å²) in [6.45, 7) is 4.22. The van der Waals surface area contributed by atoms with Gasteiger partial charge in [0, 0.05) is 35.2 Å². The molecule has 0 aliphatic carbocycles. The topological polar surface area (TPSA) is 29.5 Å². The van der Waals surface area contributed by atoms with Crippen molar-refractivity contribution < 1.29 is 35.9 Å². The number of rotatable bonds is 5. The van der Waals surface area contributed by atoms with Crippen LogP contribution < -0.4 is 4.90 Å². The molecule has 1 aliphatic rings. The summed E-state index contributed by atoms with van der Waals surface area (Å²) in [5.41, 5.74) is -4.40. The van der Waals surface area contributed by atoms with Crippen molar-refractivity contribution in [1.29, 1.82) is 0 Å². The van der Waals surface area contributed by atoms with Crippen LogP contribution in [0.25, 0.3) is 0 Å². The van der Waals surface area contributed by atoms with Crippen LogP contribution >= 0.6 is 23.2 Å². The van der Waals surface area contributed by atoms with Crippen LogP contribution in [-0.4, -0.2) is 30.8 Å². The standard InChI is InChI=1S/C25H25Cl2F6NO2/c1-22(2,3)36-21(35)7-5-15-4-6-19(13-20(15)24(28,29)30)34-9-8-23(14-34,25(31,32)33)16-10-17(26)12-18(27)11-16/h4,6,10-13H,5,7-9,14H2,1-3H3. The van der Waals surface area contributed by atoms with Crippen molar-refractivity contribution in [2.75, 3.05) is 18.0 Å². The molecule has 198 valence electrons. The molecule has 0 N–H and O–H groups in total. The first-order valence-corrected chi connectivity index (χ1v) is 11.9. The Bertz CT molecular complexity index is 1110. The summed E-state index contributed by atoms with van der Waals surface area (Å²) in [6.07, 6.45) is -10.3. The second-order valence-corrected chi connectivity index (χ2v) is 10.7. The van der Waals surface area contributed by atoms with Gasteiger partial charge in [0.25, 0.3) is 0 Å². The first-order chi connectivity index (χ1) is 16.4. The Morgan fingerprint density at radius 3 is 2.14 bits per heavy atom. The zero-order valence-corrected chi connectivity index (χ0v) is 21.3. The summed E-state index contributed by atoms with van der Waals surface area (Å²) < 4.78 is 89.8. The van der Waals surface area contributed by atoms with Crippen molar-refractivity contribution in [3.8, 4) is 0 Å². The van der Waals surface area contributed by atoms with Gasteiger partial charge in [-0.1, -0.05) is 29.3 Å². The highest BCUT2D eigenvalue weighted by Crippen LogP contribution is 2.50. The minimum Gasteiger partial charge on any atom is -0.460 e. The second-order valence-electron chi connectivity index (χ2n) is 9.84. The molecule has 11 heteroatoms. The Kier molecular flexibility index (Phi) is 7.88. The predicted octanol–water partition coefficient (Wildman–Crippen LogP) is 8.00. The van der Waals surface area contributed by atoms with Gasteiger partial charge in [0.1, 0.15) is 11.0 Å². The van der Waals surface area contributed by atoms with Gasteiger partial charge < -0.3 is 9.64 Å². The molecule has 3 rings (SSSR count). The summed E-state index contributed by atoms with van der Waals surface area (Å²) in [5, 5.41) is 0.0709. The lowest BCUT2D eigenvalue weighted by molar-refractivity contribution is -0.184. The number of hydrogen-bond acceptors (Lipinski definition) is 3. The molecule has 1 fully saturated rings. The number of nitrogens with zero attached hydrogens (tertiary/aromatic N) is 1. The average molecular weight is 556 g/mol. The molecule has 0 radical (unpaired) electrons. The van der Waals surface area contributed by atoms with Gasteiger partial charge in [0.2, 0.25) is 0 Å². The largest absolute Gasteiger partial charge is 0.460 e. The lowest BCUT2D eigenvalue weighted by Crippen LogP contribution is -2.44. The summed E-state index contributed by atoms with van der Waals surface area (Å²) >= 11 is 11.9. The van der Waals surface area contributed by atoms with Crippen molar-refractivity contribution in [3.63, 3.8) is 0 Å². The van der Waals surface area contributed by atoms with Gasteiger partial charge in [-0.2, -0.15) is 26.3 Å². The van der Waals surface area contributed by atoms with Crippen molar-refractivity contribution >= 4 is 34.9 Å². The molecule has 0 aromatic heterocycles. The number of alkyl halides is 6. The van der Waals surface area contributed by atoms with Crippen LogP contribution in [0.2, 0.25) is 10.0 Å². The van der Waals surface area contributed by atoms with Crippen LogP contribution in [0.1, 0.15) is 50.3 Å². The van der Waals surface area contributed by atoms with E-state index in [-0.39, 0.29) is 52.7 Å². The third-order valence-corrected chi connectivity index (χ3v) is 6.45. The predicted molar refractivity (Wildman–Crippen MR) is 127 cm³/mol. The maximum Gasteiger partial charge on any atom is 0.416 e. The van der Waals surface area contributed by atoms with E-state index in [4.69, 9.17) is 27.9 Å². The molecule has 1 heterocycles. The van der Waals surface area contributed by atoms with Crippen molar-refractivity contribution in [2.45, 2.75) is 63.4 Å². The molecule has 2 aromatic carbocycles. The van der Waals surface area contributed by atoms with Gasteiger partial charge in [-0.25, -0.2) is 0 Å². The molecule has 0 bridgehead atoms. The highest BCUT2D eigenvalue weighted by molar-refractivity contribution is 6.34. The van der Waals surface area contributed by atoms with Crippen LogP contribution in [0.4, 0.5) is 32.0 Å². The van der Waals surface area contributed by atoms with Gasteiger partial charge in [-0.15, -0.1) is 0 Å². The van der Waals surface area contributed by atoms with Crippen LogP contribution in [-0.2, 0) is 27.5 Å². The maximum absolute atomic E-state index is 14.3. The highest BCUT2D eigenvalue weighted by atomic mass is 35.5. The molecule has 1 saturated heterocycles. The van der Waals surface area contributed by atoms with E-state index in [1.165, 1.54) is 35.2 Å². The van der Waals surface area contributed by atoms with Crippen molar-refractivity contribution in [1.82, 2.24) is 0 Å². The Labute approximate surface area is 215 Å². The number of esters is 1. The second kappa shape index (κ2) is 9.97. The normalized spacial score (nSPS) is 19.0. The van der Waals surface area contributed by atoms with E-state index in [2.05, 4.69) is 0 Å². The fraction of sp³-hybridized carbons (Fsp3) is 0.480. The molecule has 2 aromatic rings. The summed E-state index contributed by atoms with van der Waals surface area (Å²) in [7, 11) is 0. The summed E-state index contributed by atoms with van der Waals surface area (Å²) in [4.78, 5) is 13.3. The Morgan fingerprint density at radius 2 is 1.61 bits per heavy atom. The minimum atomic E-state index is -4.76. The number of benzene rings is 2. The number of ether oxygens (including phenoxy) is 1. The highest BCUT2D eigenvalue weighted by Gasteiger charge is 2.59. The minimum absolute atomic E-state index is 0.00240. The molecule has 0 spiro atoms. The van der Waals surface area contributed by atoms with Gasteiger partial charge in [-0.05, 0) is 75.1 Å². The van der Waals surface area contributed by atoms with E-state index in [1.807, 2.05) is 0 Å². The molecule has 0 saturated carbocycles. The van der Waals surface area contributed by atoms with Gasteiger partial charge in [0.05, 0.1) is 5.56 Å². The van der Waals surface area contributed by atoms with Crippen LogP contribution in [0.3, 0.4) is 0 Å². The first-order valence-electron chi connectivity index (χ1n) is 11.1. The van der Waals surface area contributed by atoms with E-state index in [0.29, 0.717) is 0 Å². The van der Waals surface area contributed by atoms with E-state index in [1.54, 1.807) is 20.8 Å². The van der Waals surface area contributed by atoms with E-state index >= 15 is 0 Å². The first kappa shape index (κ1) is 28.4. The average Bonchev–Trinajstić information content (AvgIpc) is 3.16. The zero-order valence-electron chi connectivity index (χ0n) is 19.8. The number of anilines is 1. The monoisotopic (exact) mass is 555 g/mol. The zero-order chi connectivity index (χ0) is 27.1. The number of aryl methyl sites for hydroxylation is 1. The Morgan fingerprint density at radius 1 is 1.00 bits per heavy atom. The van der Waals surface area contributed by atoms with Crippen LogP contribution in [0.5, 0.6) is 0 Å². The maximum atomic E-state index is 14.3. The smallest absolute Gasteiger partial charge is 0.416 e. The lowest BCUT2D eigenvalue weighted by Gasteiger charge is -2.33. The van der Waals surface area contributed by atoms with Crippen LogP contribution in [0.15, 0.2) is 36.4 Å².